The van der Waals surface area contributed by atoms with Gasteiger partial charge in [-0.3, -0.25) is 14.4 Å². The van der Waals surface area contributed by atoms with Crippen LogP contribution in [-0.2, 0) is 11.2 Å². The van der Waals surface area contributed by atoms with E-state index in [1.54, 1.807) is 0 Å². The molecule has 0 amide bonds. The van der Waals surface area contributed by atoms with Crippen molar-refractivity contribution in [1.29, 1.82) is 0 Å². The molecule has 0 fully saturated rings. The Hall–Kier alpha value is -2.37. The Morgan fingerprint density at radius 1 is 1.19 bits per heavy atom. The summed E-state index contributed by atoms with van der Waals surface area (Å²) in [5.41, 5.74) is -0.167. The van der Waals surface area contributed by atoms with Crippen molar-refractivity contribution in [2.75, 3.05) is 0 Å². The number of hydrogen-bond acceptors (Lipinski definition) is 3. The summed E-state index contributed by atoms with van der Waals surface area (Å²) in [5, 5.41) is 9.22. The predicted molar refractivity (Wildman–Crippen MR) is 56.5 cm³/mol. The maximum Gasteiger partial charge on any atom is 0.307 e. The molecule has 0 aliphatic carbocycles. The molecule has 16 heavy (non-hydrogen) atoms. The van der Waals surface area contributed by atoms with Gasteiger partial charge in [0.25, 0.3) is 0 Å². The number of rotatable bonds is 2. The zero-order valence-corrected chi connectivity index (χ0v) is 8.11. The van der Waals surface area contributed by atoms with Crippen molar-refractivity contribution < 1.29 is 9.90 Å². The van der Waals surface area contributed by atoms with Crippen LogP contribution in [0.2, 0.25) is 0 Å². The lowest BCUT2D eigenvalue weighted by molar-refractivity contribution is -0.136. The molecule has 3 N–H and O–H groups in total. The minimum atomic E-state index is -1.03. The van der Waals surface area contributed by atoms with Gasteiger partial charge in [0.15, 0.2) is 0 Å². The first-order valence-corrected chi connectivity index (χ1v) is 4.53. The van der Waals surface area contributed by atoms with Gasteiger partial charge in [-0.25, -0.2) is 0 Å². The third-order valence-electron chi connectivity index (χ3n) is 2.16. The average molecular weight is 220 g/mol. The molecule has 0 atom stereocenters. The lowest BCUT2D eigenvalue weighted by Crippen LogP contribution is -2.13. The Kier molecular flexibility index (Phi) is 2.32. The standard InChI is InChI=1S/C10H8N2O4/c13-7-2-1-6-5(4-9(15)16)3-8(14)12-10(6)11-7/h1-3H,4H2,(H,15,16)(H2,11,12,13,14). The first-order valence-electron chi connectivity index (χ1n) is 4.53. The van der Waals surface area contributed by atoms with Crippen LogP contribution < -0.4 is 11.1 Å². The summed E-state index contributed by atoms with van der Waals surface area (Å²) in [7, 11) is 0. The van der Waals surface area contributed by atoms with Crippen LogP contribution in [0.25, 0.3) is 11.0 Å². The number of aromatic amines is 2. The number of nitrogens with one attached hydrogen (secondary N) is 2. The third-order valence-corrected chi connectivity index (χ3v) is 2.16. The van der Waals surface area contributed by atoms with Crippen molar-refractivity contribution in [3.63, 3.8) is 0 Å². The van der Waals surface area contributed by atoms with Crippen LogP contribution in [0, 0.1) is 0 Å². The number of carboxylic acid groups (broad SMARTS) is 1. The molecule has 0 bridgehead atoms. The predicted octanol–water partition coefficient (Wildman–Crippen LogP) is -0.157. The second-order valence-electron chi connectivity index (χ2n) is 3.34. The first-order chi connectivity index (χ1) is 7.56. The molecule has 2 aromatic heterocycles. The average Bonchev–Trinajstić information content (AvgIpc) is 2.15. The summed E-state index contributed by atoms with van der Waals surface area (Å²) in [4.78, 5) is 37.7. The molecular weight excluding hydrogens is 212 g/mol. The Bertz CT molecular complexity index is 663. The molecule has 0 aliphatic rings. The van der Waals surface area contributed by atoms with Gasteiger partial charge in [0.05, 0.1) is 6.42 Å². The van der Waals surface area contributed by atoms with Gasteiger partial charge in [-0.1, -0.05) is 0 Å². The SMILES string of the molecule is O=C(O)Cc1cc(=O)[nH]c2[nH]c(=O)ccc12. The number of pyridine rings is 2. The summed E-state index contributed by atoms with van der Waals surface area (Å²) >= 11 is 0. The molecule has 0 saturated carbocycles. The number of aromatic nitrogens is 2. The highest BCUT2D eigenvalue weighted by molar-refractivity contribution is 5.83. The van der Waals surface area contributed by atoms with E-state index in [0.29, 0.717) is 10.9 Å². The van der Waals surface area contributed by atoms with Crippen LogP contribution in [-0.4, -0.2) is 21.0 Å². The lowest BCUT2D eigenvalue weighted by atomic mass is 10.1. The lowest BCUT2D eigenvalue weighted by Gasteiger charge is -2.02. The molecule has 0 aliphatic heterocycles. The van der Waals surface area contributed by atoms with E-state index in [1.165, 1.54) is 18.2 Å². The van der Waals surface area contributed by atoms with Gasteiger partial charge in [0, 0.05) is 17.5 Å². The van der Waals surface area contributed by atoms with Gasteiger partial charge in [-0.2, -0.15) is 0 Å². The molecule has 2 heterocycles. The Balaban J connectivity index is 2.77. The molecular formula is C10H8N2O4. The van der Waals surface area contributed by atoms with Crippen LogP contribution in [0.3, 0.4) is 0 Å². The van der Waals surface area contributed by atoms with Gasteiger partial charge in [-0.05, 0) is 11.6 Å². The van der Waals surface area contributed by atoms with E-state index in [0.717, 1.165) is 0 Å². The normalized spacial score (nSPS) is 10.5. The van der Waals surface area contributed by atoms with Gasteiger partial charge < -0.3 is 15.1 Å². The number of carboxylic acids is 1. The second kappa shape index (κ2) is 3.65. The van der Waals surface area contributed by atoms with E-state index in [2.05, 4.69) is 9.97 Å². The van der Waals surface area contributed by atoms with Crippen LogP contribution in [0.1, 0.15) is 5.56 Å². The van der Waals surface area contributed by atoms with Gasteiger partial charge in [-0.15, -0.1) is 0 Å². The molecule has 0 spiro atoms. The minimum absolute atomic E-state index is 0.247. The molecule has 0 radical (unpaired) electrons. The fraction of sp³-hybridized carbons (Fsp3) is 0.100. The molecule has 0 unspecified atom stereocenters. The smallest absolute Gasteiger partial charge is 0.307 e. The third kappa shape index (κ3) is 1.85. The van der Waals surface area contributed by atoms with Crippen LogP contribution >= 0.6 is 0 Å². The maximum absolute atomic E-state index is 11.2. The van der Waals surface area contributed by atoms with Crippen molar-refractivity contribution >= 4 is 17.0 Å². The topological polar surface area (TPSA) is 103 Å². The van der Waals surface area contributed by atoms with Crippen molar-refractivity contribution in [3.05, 3.63) is 44.5 Å². The summed E-state index contributed by atoms with van der Waals surface area (Å²) in [5.74, 6) is -1.03. The van der Waals surface area contributed by atoms with E-state index in [-0.39, 0.29) is 17.6 Å². The van der Waals surface area contributed by atoms with E-state index < -0.39 is 11.5 Å². The second-order valence-corrected chi connectivity index (χ2v) is 3.34. The van der Waals surface area contributed by atoms with Crippen LogP contribution in [0.4, 0.5) is 0 Å². The number of carbonyl (C=O) groups is 1. The molecule has 82 valence electrons. The highest BCUT2D eigenvalue weighted by Crippen LogP contribution is 2.11. The molecule has 6 heteroatoms. The molecule has 6 nitrogen and oxygen atoms in total. The molecule has 0 aromatic carbocycles. The van der Waals surface area contributed by atoms with Crippen LogP contribution in [0.15, 0.2) is 27.8 Å². The fourth-order valence-corrected chi connectivity index (χ4v) is 1.55. The number of aliphatic carboxylic acids is 1. The van der Waals surface area contributed by atoms with Gasteiger partial charge in [0.1, 0.15) is 5.65 Å². The summed E-state index contributed by atoms with van der Waals surface area (Å²) in [6.07, 6.45) is -0.257. The number of hydrogen-bond donors (Lipinski definition) is 3. The molecule has 0 saturated heterocycles. The Morgan fingerprint density at radius 3 is 2.56 bits per heavy atom. The monoisotopic (exact) mass is 220 g/mol. The zero-order chi connectivity index (χ0) is 11.7. The van der Waals surface area contributed by atoms with E-state index >= 15 is 0 Å². The Labute approximate surface area is 88.6 Å². The Morgan fingerprint density at radius 2 is 1.88 bits per heavy atom. The van der Waals surface area contributed by atoms with Crippen molar-refractivity contribution in [3.8, 4) is 0 Å². The first kappa shape index (κ1) is 10.2. The van der Waals surface area contributed by atoms with E-state index in [4.69, 9.17) is 5.11 Å². The van der Waals surface area contributed by atoms with Crippen molar-refractivity contribution in [2.45, 2.75) is 6.42 Å². The van der Waals surface area contributed by atoms with E-state index in [9.17, 15) is 14.4 Å². The highest BCUT2D eigenvalue weighted by Gasteiger charge is 2.07. The number of fused-ring (bicyclic) bond motifs is 1. The highest BCUT2D eigenvalue weighted by atomic mass is 16.4. The maximum atomic E-state index is 11.2. The quantitative estimate of drug-likeness (QED) is 0.654. The molecule has 2 rings (SSSR count). The van der Waals surface area contributed by atoms with Crippen LogP contribution in [0.5, 0.6) is 0 Å². The summed E-state index contributed by atoms with van der Waals surface area (Å²) in [6, 6.07) is 3.99. The number of H-pyrrole nitrogens is 2. The minimum Gasteiger partial charge on any atom is -0.481 e. The van der Waals surface area contributed by atoms with Crippen molar-refractivity contribution in [2.24, 2.45) is 0 Å². The summed E-state index contributed by atoms with van der Waals surface area (Å²) < 4.78 is 0. The fourth-order valence-electron chi connectivity index (χ4n) is 1.55. The summed E-state index contributed by atoms with van der Waals surface area (Å²) in [6.45, 7) is 0. The van der Waals surface area contributed by atoms with Crippen molar-refractivity contribution in [1.82, 2.24) is 9.97 Å². The van der Waals surface area contributed by atoms with Gasteiger partial charge >= 0.3 is 5.97 Å². The van der Waals surface area contributed by atoms with Gasteiger partial charge in [0.2, 0.25) is 11.1 Å². The zero-order valence-electron chi connectivity index (χ0n) is 8.11. The molecule has 2 aromatic rings. The van der Waals surface area contributed by atoms with E-state index in [1.807, 2.05) is 0 Å². The largest absolute Gasteiger partial charge is 0.481 e.